The lowest BCUT2D eigenvalue weighted by Gasteiger charge is -2.20. The lowest BCUT2D eigenvalue weighted by atomic mass is 9.92. The zero-order valence-electron chi connectivity index (χ0n) is 9.33. The van der Waals surface area contributed by atoms with Gasteiger partial charge in [0, 0.05) is 5.92 Å². The molecule has 0 saturated carbocycles. The van der Waals surface area contributed by atoms with Gasteiger partial charge in [-0.05, 0) is 12.3 Å². The van der Waals surface area contributed by atoms with E-state index >= 15 is 0 Å². The van der Waals surface area contributed by atoms with Gasteiger partial charge in [-0.3, -0.25) is 4.99 Å². The molecule has 0 saturated heterocycles. The molecule has 0 fully saturated rings. The van der Waals surface area contributed by atoms with Crippen LogP contribution in [0, 0.1) is 11.8 Å². The number of halogens is 1. The van der Waals surface area contributed by atoms with Gasteiger partial charge in [0.25, 0.3) is 0 Å². The molecule has 0 aromatic heterocycles. The highest BCUT2D eigenvalue weighted by atomic mass is 19.1. The maximum atomic E-state index is 13.5. The Kier molecular flexibility index (Phi) is 4.30. The van der Waals surface area contributed by atoms with Gasteiger partial charge in [0.2, 0.25) is 0 Å². The SMILES string of the molecule is CCCCC1C=CC(C(C)C)C(F)=N1. The summed E-state index contributed by atoms with van der Waals surface area (Å²) in [7, 11) is 0. The van der Waals surface area contributed by atoms with E-state index in [1.54, 1.807) is 0 Å². The summed E-state index contributed by atoms with van der Waals surface area (Å²) in [5.41, 5.74) is 0. The zero-order valence-corrected chi connectivity index (χ0v) is 9.33. The lowest BCUT2D eigenvalue weighted by molar-refractivity contribution is 0.508. The molecule has 1 heterocycles. The van der Waals surface area contributed by atoms with E-state index < -0.39 is 0 Å². The second-order valence-electron chi connectivity index (χ2n) is 4.32. The van der Waals surface area contributed by atoms with Crippen LogP contribution in [0.1, 0.15) is 40.0 Å². The standard InChI is InChI=1S/C12H20FN/c1-4-5-6-10-7-8-11(9(2)3)12(13)14-10/h7-11H,4-6H2,1-3H3. The van der Waals surface area contributed by atoms with Crippen molar-refractivity contribution in [3.05, 3.63) is 12.2 Å². The predicted octanol–water partition coefficient (Wildman–Crippen LogP) is 3.76. The summed E-state index contributed by atoms with van der Waals surface area (Å²) in [6, 6.07) is 0.0879. The van der Waals surface area contributed by atoms with Crippen LogP contribution in [-0.4, -0.2) is 12.0 Å². The summed E-state index contributed by atoms with van der Waals surface area (Å²) in [5, 5.41) is 0. The molecule has 0 amide bonds. The number of hydrogen-bond acceptors (Lipinski definition) is 1. The third-order valence-corrected chi connectivity index (χ3v) is 2.68. The minimum atomic E-state index is -0.177. The summed E-state index contributed by atoms with van der Waals surface area (Å²) < 4.78 is 13.5. The van der Waals surface area contributed by atoms with Crippen LogP contribution in [-0.2, 0) is 0 Å². The van der Waals surface area contributed by atoms with E-state index in [2.05, 4.69) is 18.0 Å². The molecule has 2 heteroatoms. The third-order valence-electron chi connectivity index (χ3n) is 2.68. The maximum Gasteiger partial charge on any atom is 0.192 e. The molecular formula is C12H20FN. The van der Waals surface area contributed by atoms with Crippen molar-refractivity contribution in [3.63, 3.8) is 0 Å². The monoisotopic (exact) mass is 197 g/mol. The smallest absolute Gasteiger partial charge is 0.192 e. The maximum absolute atomic E-state index is 13.5. The second kappa shape index (κ2) is 5.28. The van der Waals surface area contributed by atoms with Crippen molar-refractivity contribution >= 4 is 5.97 Å². The highest BCUT2D eigenvalue weighted by Gasteiger charge is 2.21. The second-order valence-corrected chi connectivity index (χ2v) is 4.32. The van der Waals surface area contributed by atoms with Crippen LogP contribution in [0.25, 0.3) is 0 Å². The Morgan fingerprint density at radius 1 is 1.43 bits per heavy atom. The molecule has 1 rings (SSSR count). The van der Waals surface area contributed by atoms with Gasteiger partial charge in [0.05, 0.1) is 6.04 Å². The van der Waals surface area contributed by atoms with Gasteiger partial charge in [-0.15, -0.1) is 0 Å². The molecule has 1 aliphatic heterocycles. The molecule has 0 bridgehead atoms. The molecule has 1 aliphatic rings. The number of allylic oxidation sites excluding steroid dienone is 1. The summed E-state index contributed by atoms with van der Waals surface area (Å²) in [5.74, 6) is 0.0404. The van der Waals surface area contributed by atoms with Crippen molar-refractivity contribution in [2.45, 2.75) is 46.1 Å². The first-order valence-corrected chi connectivity index (χ1v) is 5.56. The highest BCUT2D eigenvalue weighted by molar-refractivity contribution is 5.80. The number of rotatable bonds is 4. The lowest BCUT2D eigenvalue weighted by Crippen LogP contribution is -2.21. The topological polar surface area (TPSA) is 12.4 Å². The minimum absolute atomic E-state index is 0.0879. The Bertz CT molecular complexity index is 230. The van der Waals surface area contributed by atoms with E-state index in [-0.39, 0.29) is 17.9 Å². The largest absolute Gasteiger partial charge is 0.254 e. The molecule has 2 unspecified atom stereocenters. The van der Waals surface area contributed by atoms with Crippen molar-refractivity contribution in [2.24, 2.45) is 16.8 Å². The van der Waals surface area contributed by atoms with E-state index in [0.717, 1.165) is 19.3 Å². The third kappa shape index (κ3) is 2.93. The minimum Gasteiger partial charge on any atom is -0.254 e. The molecule has 0 radical (unpaired) electrons. The average Bonchev–Trinajstić information content (AvgIpc) is 2.14. The van der Waals surface area contributed by atoms with Gasteiger partial charge in [-0.25, -0.2) is 0 Å². The molecule has 1 nitrogen and oxygen atoms in total. The quantitative estimate of drug-likeness (QED) is 0.608. The number of aliphatic imine (C=N–C) groups is 1. The molecule has 80 valence electrons. The summed E-state index contributed by atoms with van der Waals surface area (Å²) in [6.45, 7) is 6.19. The number of dihydropyridines is 1. The van der Waals surface area contributed by atoms with Gasteiger partial charge in [-0.2, -0.15) is 4.39 Å². The van der Waals surface area contributed by atoms with Gasteiger partial charge < -0.3 is 0 Å². The van der Waals surface area contributed by atoms with Crippen molar-refractivity contribution in [2.75, 3.05) is 0 Å². The van der Waals surface area contributed by atoms with Crippen LogP contribution in [0.4, 0.5) is 4.39 Å². The van der Waals surface area contributed by atoms with Gasteiger partial charge >= 0.3 is 0 Å². The number of nitrogens with zero attached hydrogens (tertiary/aromatic N) is 1. The molecular weight excluding hydrogens is 177 g/mol. The van der Waals surface area contributed by atoms with Crippen LogP contribution < -0.4 is 0 Å². The molecule has 0 aromatic carbocycles. The van der Waals surface area contributed by atoms with Crippen LogP contribution in [0.2, 0.25) is 0 Å². The van der Waals surface area contributed by atoms with E-state index in [1.807, 2.05) is 19.9 Å². The van der Waals surface area contributed by atoms with Crippen molar-refractivity contribution in [3.8, 4) is 0 Å². The van der Waals surface area contributed by atoms with Crippen LogP contribution in [0.3, 0.4) is 0 Å². The van der Waals surface area contributed by atoms with Crippen molar-refractivity contribution in [1.29, 1.82) is 0 Å². The van der Waals surface area contributed by atoms with Gasteiger partial charge in [0.1, 0.15) is 0 Å². The van der Waals surface area contributed by atoms with Crippen molar-refractivity contribution < 1.29 is 4.39 Å². The molecule has 0 aliphatic carbocycles. The Morgan fingerprint density at radius 2 is 2.14 bits per heavy atom. The molecule has 0 spiro atoms. The van der Waals surface area contributed by atoms with E-state index in [9.17, 15) is 4.39 Å². The summed E-state index contributed by atoms with van der Waals surface area (Å²) in [6.07, 6.45) is 7.29. The zero-order chi connectivity index (χ0) is 10.6. The first-order chi connectivity index (χ1) is 6.65. The molecule has 14 heavy (non-hydrogen) atoms. The number of hydrogen-bond donors (Lipinski definition) is 0. The van der Waals surface area contributed by atoms with Crippen LogP contribution in [0.5, 0.6) is 0 Å². The van der Waals surface area contributed by atoms with Crippen LogP contribution >= 0.6 is 0 Å². The average molecular weight is 197 g/mol. The Labute approximate surface area is 86.1 Å². The Balaban J connectivity index is 2.52. The van der Waals surface area contributed by atoms with E-state index in [4.69, 9.17) is 0 Å². The fraction of sp³-hybridized carbons (Fsp3) is 0.750. The van der Waals surface area contributed by atoms with Crippen molar-refractivity contribution in [1.82, 2.24) is 0 Å². The molecule has 0 N–H and O–H groups in total. The summed E-state index contributed by atoms with van der Waals surface area (Å²) in [4.78, 5) is 4.09. The van der Waals surface area contributed by atoms with Gasteiger partial charge in [0.15, 0.2) is 5.97 Å². The first kappa shape index (κ1) is 11.4. The fourth-order valence-corrected chi connectivity index (χ4v) is 1.69. The van der Waals surface area contributed by atoms with Crippen LogP contribution in [0.15, 0.2) is 17.1 Å². The molecule has 0 aromatic rings. The van der Waals surface area contributed by atoms with Gasteiger partial charge in [-0.1, -0.05) is 45.8 Å². The van der Waals surface area contributed by atoms with E-state index in [0.29, 0.717) is 5.92 Å². The fourth-order valence-electron chi connectivity index (χ4n) is 1.69. The first-order valence-electron chi connectivity index (χ1n) is 5.56. The Morgan fingerprint density at radius 3 is 2.64 bits per heavy atom. The number of unbranched alkanes of at least 4 members (excludes halogenated alkanes) is 1. The molecule has 2 atom stereocenters. The highest BCUT2D eigenvalue weighted by Crippen LogP contribution is 2.22. The van der Waals surface area contributed by atoms with E-state index in [1.165, 1.54) is 0 Å². The predicted molar refractivity (Wildman–Crippen MR) is 59.3 cm³/mol. The summed E-state index contributed by atoms with van der Waals surface area (Å²) >= 11 is 0. The Hall–Kier alpha value is -0.660. The normalized spacial score (nSPS) is 26.8.